The summed E-state index contributed by atoms with van der Waals surface area (Å²) in [4.78, 5) is 28.1. The smallest absolute Gasteiger partial charge is 0.262 e. The average Bonchev–Trinajstić information content (AvgIpc) is 3.39. The molecule has 0 unspecified atom stereocenters. The first-order valence-electron chi connectivity index (χ1n) is 9.87. The van der Waals surface area contributed by atoms with Crippen molar-refractivity contribution in [2.75, 3.05) is 41.4 Å². The van der Waals surface area contributed by atoms with Gasteiger partial charge in [0.2, 0.25) is 5.91 Å². The van der Waals surface area contributed by atoms with E-state index in [4.69, 9.17) is 4.74 Å². The first-order valence-corrected chi connectivity index (χ1v) is 9.87. The van der Waals surface area contributed by atoms with Gasteiger partial charge in [-0.3, -0.25) is 9.59 Å². The predicted molar refractivity (Wildman–Crippen MR) is 110 cm³/mol. The predicted octanol–water partition coefficient (Wildman–Crippen LogP) is 3.43. The van der Waals surface area contributed by atoms with Crippen molar-refractivity contribution in [1.29, 1.82) is 0 Å². The molecule has 0 radical (unpaired) electrons. The molecule has 28 heavy (non-hydrogen) atoms. The minimum atomic E-state index is -0.197. The maximum atomic E-state index is 12.2. The largest absolute Gasteiger partial charge is 0.484 e. The van der Waals surface area contributed by atoms with E-state index in [9.17, 15) is 9.59 Å². The molecule has 0 saturated carbocycles. The summed E-state index contributed by atoms with van der Waals surface area (Å²) in [7, 11) is 0. The van der Waals surface area contributed by atoms with Crippen LogP contribution in [0.2, 0.25) is 0 Å². The average molecular weight is 379 g/mol. The lowest BCUT2D eigenvalue weighted by Gasteiger charge is -2.18. The zero-order chi connectivity index (χ0) is 19.3. The third-order valence-electron chi connectivity index (χ3n) is 5.19. The maximum absolute atomic E-state index is 12.2. The fourth-order valence-electron chi connectivity index (χ4n) is 3.75. The molecule has 0 aromatic heterocycles. The first-order chi connectivity index (χ1) is 13.7. The van der Waals surface area contributed by atoms with Crippen LogP contribution in [0.1, 0.15) is 25.7 Å². The molecule has 2 aliphatic heterocycles. The summed E-state index contributed by atoms with van der Waals surface area (Å²) < 4.78 is 5.59. The Labute approximate surface area is 165 Å². The maximum Gasteiger partial charge on any atom is 0.262 e. The van der Waals surface area contributed by atoms with Crippen molar-refractivity contribution in [2.24, 2.45) is 0 Å². The van der Waals surface area contributed by atoms with Crippen LogP contribution in [0, 0.1) is 0 Å². The van der Waals surface area contributed by atoms with Crippen LogP contribution in [0.15, 0.2) is 48.5 Å². The summed E-state index contributed by atoms with van der Waals surface area (Å²) in [5.74, 6) is 0.568. The van der Waals surface area contributed by atoms with Crippen molar-refractivity contribution in [1.82, 2.24) is 0 Å². The normalized spacial score (nSPS) is 16.5. The zero-order valence-corrected chi connectivity index (χ0v) is 15.9. The molecule has 146 valence electrons. The number of hydrogen-bond donors (Lipinski definition) is 1. The van der Waals surface area contributed by atoms with Gasteiger partial charge in [0.05, 0.1) is 0 Å². The van der Waals surface area contributed by atoms with Gasteiger partial charge in [0.15, 0.2) is 6.61 Å². The molecule has 0 atom stereocenters. The van der Waals surface area contributed by atoms with Gasteiger partial charge in [-0.25, -0.2) is 0 Å². The molecule has 2 fully saturated rings. The van der Waals surface area contributed by atoms with Gasteiger partial charge in [-0.15, -0.1) is 0 Å². The van der Waals surface area contributed by atoms with Gasteiger partial charge < -0.3 is 19.9 Å². The number of amides is 2. The summed E-state index contributed by atoms with van der Waals surface area (Å²) in [6.45, 7) is 2.84. The number of carbonyl (C=O) groups is 2. The summed E-state index contributed by atoms with van der Waals surface area (Å²) in [5.41, 5.74) is 2.79. The van der Waals surface area contributed by atoms with Gasteiger partial charge in [0.25, 0.3) is 5.91 Å². The lowest BCUT2D eigenvalue weighted by atomic mass is 10.2. The van der Waals surface area contributed by atoms with Crippen LogP contribution in [-0.2, 0) is 9.59 Å². The van der Waals surface area contributed by atoms with Crippen molar-refractivity contribution in [2.45, 2.75) is 25.7 Å². The van der Waals surface area contributed by atoms with Gasteiger partial charge >= 0.3 is 0 Å². The van der Waals surface area contributed by atoms with E-state index >= 15 is 0 Å². The fraction of sp³-hybridized carbons (Fsp3) is 0.364. The minimum absolute atomic E-state index is 0.0596. The third kappa shape index (κ3) is 4.27. The lowest BCUT2D eigenvalue weighted by molar-refractivity contribution is -0.118. The number of hydrogen-bond acceptors (Lipinski definition) is 4. The standard InChI is InChI=1S/C22H25N3O3/c26-21(23-17-5-3-6-19(15-17)24-12-1-2-13-24)16-28-20-10-8-18(9-11-20)25-14-4-7-22(25)27/h3,5-6,8-11,15H,1-2,4,7,12-14,16H2,(H,23,26). The van der Waals surface area contributed by atoms with Crippen LogP contribution in [0.4, 0.5) is 17.1 Å². The van der Waals surface area contributed by atoms with Crippen LogP contribution in [0.5, 0.6) is 5.75 Å². The number of ether oxygens (including phenoxy) is 1. The van der Waals surface area contributed by atoms with Crippen molar-refractivity contribution in [3.63, 3.8) is 0 Å². The van der Waals surface area contributed by atoms with Gasteiger partial charge in [-0.1, -0.05) is 6.07 Å². The second-order valence-corrected chi connectivity index (χ2v) is 7.22. The van der Waals surface area contributed by atoms with E-state index in [1.165, 1.54) is 12.8 Å². The number of rotatable bonds is 6. The van der Waals surface area contributed by atoms with Crippen LogP contribution in [-0.4, -0.2) is 38.1 Å². The summed E-state index contributed by atoms with van der Waals surface area (Å²) in [5, 5.41) is 2.89. The molecule has 2 aromatic carbocycles. The van der Waals surface area contributed by atoms with Crippen LogP contribution < -0.4 is 19.9 Å². The third-order valence-corrected chi connectivity index (χ3v) is 5.19. The molecule has 6 heteroatoms. The highest BCUT2D eigenvalue weighted by Gasteiger charge is 2.21. The summed E-state index contributed by atoms with van der Waals surface area (Å²) in [6, 6.07) is 15.2. The van der Waals surface area contributed by atoms with Crippen LogP contribution in [0.3, 0.4) is 0 Å². The Bertz CT molecular complexity index is 844. The SMILES string of the molecule is O=C(COc1ccc(N2CCCC2=O)cc1)Nc1cccc(N2CCCC2)c1. The Morgan fingerprint density at radius 1 is 0.964 bits per heavy atom. The molecule has 2 aliphatic rings. The number of nitrogens with one attached hydrogen (secondary N) is 1. The number of carbonyl (C=O) groups excluding carboxylic acids is 2. The molecular weight excluding hydrogens is 354 g/mol. The Hall–Kier alpha value is -3.02. The van der Waals surface area contributed by atoms with E-state index < -0.39 is 0 Å². The first kappa shape index (κ1) is 18.3. The molecule has 2 aromatic rings. The molecule has 6 nitrogen and oxygen atoms in total. The Balaban J connectivity index is 1.29. The van der Waals surface area contributed by atoms with Crippen molar-refractivity contribution >= 4 is 28.9 Å². The van der Waals surface area contributed by atoms with E-state index in [0.717, 1.165) is 43.1 Å². The minimum Gasteiger partial charge on any atom is -0.484 e. The van der Waals surface area contributed by atoms with Gasteiger partial charge in [0.1, 0.15) is 5.75 Å². The quantitative estimate of drug-likeness (QED) is 0.835. The molecular formula is C22H25N3O3. The molecule has 2 saturated heterocycles. The zero-order valence-electron chi connectivity index (χ0n) is 15.9. The topological polar surface area (TPSA) is 61.9 Å². The molecule has 2 amide bonds. The second-order valence-electron chi connectivity index (χ2n) is 7.22. The fourth-order valence-corrected chi connectivity index (χ4v) is 3.75. The highest BCUT2D eigenvalue weighted by molar-refractivity contribution is 5.95. The van der Waals surface area contributed by atoms with Gasteiger partial charge in [-0.05, 0) is 61.7 Å². The Morgan fingerprint density at radius 2 is 1.75 bits per heavy atom. The molecule has 0 aliphatic carbocycles. The van der Waals surface area contributed by atoms with Gasteiger partial charge in [-0.2, -0.15) is 0 Å². The number of nitrogens with zero attached hydrogens (tertiary/aromatic N) is 2. The molecule has 1 N–H and O–H groups in total. The van der Waals surface area contributed by atoms with Crippen molar-refractivity contribution in [3.05, 3.63) is 48.5 Å². The molecule has 0 spiro atoms. The lowest BCUT2D eigenvalue weighted by Crippen LogP contribution is -2.23. The van der Waals surface area contributed by atoms with Crippen LogP contribution in [0.25, 0.3) is 0 Å². The highest BCUT2D eigenvalue weighted by atomic mass is 16.5. The van der Waals surface area contributed by atoms with E-state index in [2.05, 4.69) is 16.3 Å². The van der Waals surface area contributed by atoms with Crippen molar-refractivity contribution < 1.29 is 14.3 Å². The number of anilines is 3. The second kappa shape index (κ2) is 8.33. The summed E-state index contributed by atoms with van der Waals surface area (Å²) in [6.07, 6.45) is 3.94. The monoisotopic (exact) mass is 379 g/mol. The summed E-state index contributed by atoms with van der Waals surface area (Å²) >= 11 is 0. The van der Waals surface area contributed by atoms with E-state index in [1.54, 1.807) is 17.0 Å². The van der Waals surface area contributed by atoms with Crippen molar-refractivity contribution in [3.8, 4) is 5.75 Å². The molecule has 2 heterocycles. The van der Waals surface area contributed by atoms with Gasteiger partial charge in [0, 0.05) is 43.1 Å². The molecule has 0 bridgehead atoms. The van der Waals surface area contributed by atoms with E-state index in [1.807, 2.05) is 30.3 Å². The van der Waals surface area contributed by atoms with E-state index in [0.29, 0.717) is 12.2 Å². The Morgan fingerprint density at radius 3 is 2.46 bits per heavy atom. The van der Waals surface area contributed by atoms with E-state index in [-0.39, 0.29) is 18.4 Å². The highest BCUT2D eigenvalue weighted by Crippen LogP contribution is 2.25. The number of benzene rings is 2. The Kier molecular flexibility index (Phi) is 5.46. The molecule has 4 rings (SSSR count). The van der Waals surface area contributed by atoms with Crippen LogP contribution >= 0.6 is 0 Å².